The van der Waals surface area contributed by atoms with Crippen molar-refractivity contribution in [2.75, 3.05) is 0 Å². The van der Waals surface area contributed by atoms with Crippen LogP contribution in [0.1, 0.15) is 16.7 Å². The molecular weight excluding hydrogens is 403 g/mol. The van der Waals surface area contributed by atoms with Gasteiger partial charge in [-0.3, -0.25) is 0 Å². The van der Waals surface area contributed by atoms with E-state index >= 15 is 0 Å². The Hall–Kier alpha value is -3.26. The van der Waals surface area contributed by atoms with Gasteiger partial charge in [0.1, 0.15) is 11.6 Å². The number of hydrogen-bond acceptors (Lipinski definition) is 2. The standard InChI is InChI=1S/C22H15F5N2O/c1-13-10-15(2-8-19(13)24)21(30,22(25,26)27)16-3-9-20-14(11-16)12-28-29(20)18-6-4-17(23)5-7-18/h2-12,30H,1H3. The van der Waals surface area contributed by atoms with Crippen LogP contribution in [0.5, 0.6) is 0 Å². The quantitative estimate of drug-likeness (QED) is 0.452. The molecule has 154 valence electrons. The molecule has 0 amide bonds. The number of rotatable bonds is 3. The van der Waals surface area contributed by atoms with Crippen LogP contribution in [0.4, 0.5) is 22.0 Å². The zero-order valence-electron chi connectivity index (χ0n) is 15.6. The Morgan fingerprint density at radius 3 is 2.13 bits per heavy atom. The fourth-order valence-electron chi connectivity index (χ4n) is 3.41. The van der Waals surface area contributed by atoms with Gasteiger partial charge in [0.05, 0.1) is 17.4 Å². The lowest BCUT2D eigenvalue weighted by Gasteiger charge is -2.32. The minimum Gasteiger partial charge on any atom is -0.372 e. The number of aryl methyl sites for hydroxylation is 1. The van der Waals surface area contributed by atoms with Gasteiger partial charge in [-0.2, -0.15) is 18.3 Å². The molecule has 1 aromatic heterocycles. The Labute approximate surface area is 168 Å². The number of halogens is 5. The molecule has 8 heteroatoms. The zero-order chi connectivity index (χ0) is 21.7. The van der Waals surface area contributed by atoms with Gasteiger partial charge in [-0.25, -0.2) is 13.5 Å². The van der Waals surface area contributed by atoms with Gasteiger partial charge < -0.3 is 5.11 Å². The third-order valence-corrected chi connectivity index (χ3v) is 5.04. The molecule has 3 aromatic carbocycles. The van der Waals surface area contributed by atoms with E-state index in [4.69, 9.17) is 0 Å². The smallest absolute Gasteiger partial charge is 0.372 e. The van der Waals surface area contributed by atoms with Gasteiger partial charge in [0.25, 0.3) is 0 Å². The molecular formula is C22H15F5N2O. The molecule has 4 rings (SSSR count). The van der Waals surface area contributed by atoms with Crippen LogP contribution in [0.15, 0.2) is 66.9 Å². The van der Waals surface area contributed by atoms with Gasteiger partial charge in [-0.1, -0.05) is 12.1 Å². The van der Waals surface area contributed by atoms with E-state index in [2.05, 4.69) is 5.10 Å². The minimum absolute atomic E-state index is 0.0135. The molecule has 30 heavy (non-hydrogen) atoms. The molecule has 0 spiro atoms. The first-order valence-corrected chi connectivity index (χ1v) is 8.91. The summed E-state index contributed by atoms with van der Waals surface area (Å²) in [4.78, 5) is 0. The van der Waals surface area contributed by atoms with Crippen LogP contribution >= 0.6 is 0 Å². The Morgan fingerprint density at radius 2 is 1.50 bits per heavy atom. The van der Waals surface area contributed by atoms with Crippen molar-refractivity contribution in [3.63, 3.8) is 0 Å². The molecule has 4 aromatic rings. The van der Waals surface area contributed by atoms with Crippen LogP contribution in [-0.2, 0) is 5.60 Å². The fourth-order valence-corrected chi connectivity index (χ4v) is 3.41. The third-order valence-electron chi connectivity index (χ3n) is 5.04. The van der Waals surface area contributed by atoms with Crippen LogP contribution in [0.25, 0.3) is 16.6 Å². The van der Waals surface area contributed by atoms with Crippen LogP contribution in [0, 0.1) is 18.6 Å². The summed E-state index contributed by atoms with van der Waals surface area (Å²) in [6, 6.07) is 12.0. The summed E-state index contributed by atoms with van der Waals surface area (Å²) in [6.45, 7) is 1.32. The van der Waals surface area contributed by atoms with Crippen molar-refractivity contribution >= 4 is 10.9 Å². The summed E-state index contributed by atoms with van der Waals surface area (Å²) in [5.41, 5.74) is -3.26. The van der Waals surface area contributed by atoms with Crippen molar-refractivity contribution in [3.05, 3.63) is 95.2 Å². The molecule has 1 N–H and O–H groups in total. The lowest BCUT2D eigenvalue weighted by molar-refractivity contribution is -0.248. The fraction of sp³-hybridized carbons (Fsp3) is 0.136. The Balaban J connectivity index is 1.87. The summed E-state index contributed by atoms with van der Waals surface area (Å²) in [5, 5.41) is 15.3. The molecule has 0 aliphatic heterocycles. The van der Waals surface area contributed by atoms with E-state index in [1.54, 1.807) is 0 Å². The van der Waals surface area contributed by atoms with Gasteiger partial charge in [0, 0.05) is 5.39 Å². The van der Waals surface area contributed by atoms with E-state index in [-0.39, 0.29) is 5.56 Å². The largest absolute Gasteiger partial charge is 0.425 e. The highest BCUT2D eigenvalue weighted by Crippen LogP contribution is 2.45. The molecule has 1 atom stereocenters. The first kappa shape index (κ1) is 20.0. The van der Waals surface area contributed by atoms with E-state index in [0.29, 0.717) is 16.6 Å². The Kier molecular flexibility index (Phi) is 4.62. The van der Waals surface area contributed by atoms with E-state index < -0.39 is 34.5 Å². The topological polar surface area (TPSA) is 38.1 Å². The van der Waals surface area contributed by atoms with E-state index in [9.17, 15) is 27.1 Å². The number of fused-ring (bicyclic) bond motifs is 1. The highest BCUT2D eigenvalue weighted by atomic mass is 19.4. The normalized spacial score (nSPS) is 14.1. The number of aromatic nitrogens is 2. The molecule has 0 aliphatic rings. The predicted molar refractivity (Wildman–Crippen MR) is 101 cm³/mol. The van der Waals surface area contributed by atoms with Gasteiger partial charge >= 0.3 is 6.18 Å². The molecule has 1 unspecified atom stereocenters. The van der Waals surface area contributed by atoms with E-state index in [1.165, 1.54) is 54.2 Å². The van der Waals surface area contributed by atoms with Crippen molar-refractivity contribution in [1.82, 2.24) is 9.78 Å². The summed E-state index contributed by atoms with van der Waals surface area (Å²) < 4.78 is 70.3. The monoisotopic (exact) mass is 418 g/mol. The first-order valence-electron chi connectivity index (χ1n) is 8.91. The zero-order valence-corrected chi connectivity index (χ0v) is 15.6. The second-order valence-corrected chi connectivity index (χ2v) is 6.98. The predicted octanol–water partition coefficient (Wildman–Crippen LogP) is 5.41. The Morgan fingerprint density at radius 1 is 0.867 bits per heavy atom. The maximum atomic E-state index is 14.0. The highest BCUT2D eigenvalue weighted by molar-refractivity contribution is 5.81. The average molecular weight is 418 g/mol. The van der Waals surface area contributed by atoms with E-state index in [1.807, 2.05) is 0 Å². The summed E-state index contributed by atoms with van der Waals surface area (Å²) in [6.07, 6.45) is -3.70. The number of aliphatic hydroxyl groups is 1. The molecule has 1 heterocycles. The molecule has 3 nitrogen and oxygen atoms in total. The molecule has 0 bridgehead atoms. The SMILES string of the molecule is Cc1cc(C(O)(c2ccc3c(cnn3-c3ccc(F)cc3)c2)C(F)(F)F)ccc1F. The molecule has 0 aliphatic carbocycles. The van der Waals surface area contributed by atoms with Gasteiger partial charge in [0.2, 0.25) is 5.60 Å². The first-order chi connectivity index (χ1) is 14.1. The van der Waals surface area contributed by atoms with Crippen LogP contribution in [0.2, 0.25) is 0 Å². The highest BCUT2D eigenvalue weighted by Gasteiger charge is 2.56. The van der Waals surface area contributed by atoms with E-state index in [0.717, 1.165) is 24.3 Å². The summed E-state index contributed by atoms with van der Waals surface area (Å²) in [7, 11) is 0. The van der Waals surface area contributed by atoms with Crippen molar-refractivity contribution in [3.8, 4) is 5.69 Å². The number of hydrogen-bond donors (Lipinski definition) is 1. The molecule has 0 radical (unpaired) electrons. The van der Waals surface area contributed by atoms with Gasteiger partial charge in [-0.05, 0) is 72.1 Å². The second kappa shape index (κ2) is 6.91. The number of benzene rings is 3. The summed E-state index contributed by atoms with van der Waals surface area (Å²) >= 11 is 0. The number of alkyl halides is 3. The van der Waals surface area contributed by atoms with Gasteiger partial charge in [-0.15, -0.1) is 0 Å². The lowest BCUT2D eigenvalue weighted by Crippen LogP contribution is -2.43. The maximum Gasteiger partial charge on any atom is 0.425 e. The van der Waals surface area contributed by atoms with Crippen molar-refractivity contribution in [2.45, 2.75) is 18.7 Å². The van der Waals surface area contributed by atoms with Crippen LogP contribution in [0.3, 0.4) is 0 Å². The van der Waals surface area contributed by atoms with Crippen LogP contribution < -0.4 is 0 Å². The Bertz CT molecular complexity index is 1230. The average Bonchev–Trinajstić information content (AvgIpc) is 3.12. The third kappa shape index (κ3) is 3.13. The second-order valence-electron chi connectivity index (χ2n) is 6.98. The number of nitrogens with zero attached hydrogens (tertiary/aromatic N) is 2. The molecule has 0 saturated carbocycles. The van der Waals surface area contributed by atoms with Crippen molar-refractivity contribution in [2.24, 2.45) is 0 Å². The molecule has 0 saturated heterocycles. The minimum atomic E-state index is -5.06. The van der Waals surface area contributed by atoms with Crippen molar-refractivity contribution in [1.29, 1.82) is 0 Å². The van der Waals surface area contributed by atoms with Crippen LogP contribution in [-0.4, -0.2) is 21.1 Å². The van der Waals surface area contributed by atoms with Crippen molar-refractivity contribution < 1.29 is 27.1 Å². The maximum absolute atomic E-state index is 14.0. The summed E-state index contributed by atoms with van der Waals surface area (Å²) in [5.74, 6) is -1.10. The molecule has 0 fully saturated rings. The lowest BCUT2D eigenvalue weighted by atomic mass is 9.84. The van der Waals surface area contributed by atoms with Gasteiger partial charge in [0.15, 0.2) is 0 Å².